The fraction of sp³-hybridized carbons (Fsp3) is 0.556. The molecule has 16 heavy (non-hydrogen) atoms. The molecule has 1 aromatic heterocycles. The summed E-state index contributed by atoms with van der Waals surface area (Å²) in [5.74, 6) is 1.06. The molecule has 1 aliphatic rings. The lowest BCUT2D eigenvalue weighted by molar-refractivity contribution is 0.600. The summed E-state index contributed by atoms with van der Waals surface area (Å²) in [6.45, 7) is 0. The number of hydrogen-bond acceptors (Lipinski definition) is 5. The highest BCUT2D eigenvalue weighted by atomic mass is 127. The van der Waals surface area contributed by atoms with Crippen LogP contribution in [-0.4, -0.2) is 43.0 Å². The van der Waals surface area contributed by atoms with Crippen LogP contribution in [0.1, 0.15) is 6.42 Å². The number of anilines is 1. The molecule has 88 valence electrons. The van der Waals surface area contributed by atoms with E-state index in [-0.39, 0.29) is 17.5 Å². The molecular weight excluding hydrogens is 341 g/mol. The zero-order valence-electron chi connectivity index (χ0n) is 8.80. The van der Waals surface area contributed by atoms with E-state index in [2.05, 4.69) is 32.6 Å². The minimum Gasteiger partial charge on any atom is -0.340 e. The summed E-state index contributed by atoms with van der Waals surface area (Å²) in [4.78, 5) is 10.2. The number of halogens is 1. The van der Waals surface area contributed by atoms with Crippen molar-refractivity contribution in [2.75, 3.05) is 23.5 Å². The van der Waals surface area contributed by atoms with Gasteiger partial charge in [-0.05, 0) is 29.0 Å². The second-order valence-electron chi connectivity index (χ2n) is 3.87. The highest BCUT2D eigenvalue weighted by Gasteiger charge is 2.31. The van der Waals surface area contributed by atoms with Crippen LogP contribution in [-0.2, 0) is 9.84 Å². The van der Waals surface area contributed by atoms with E-state index in [9.17, 15) is 8.42 Å². The Kier molecular flexibility index (Phi) is 3.34. The first kappa shape index (κ1) is 12.0. The number of rotatable bonds is 2. The van der Waals surface area contributed by atoms with Gasteiger partial charge in [0, 0.05) is 29.1 Å². The van der Waals surface area contributed by atoms with E-state index in [0.717, 1.165) is 3.57 Å². The molecule has 1 saturated heterocycles. The minimum absolute atomic E-state index is 0.00469. The molecule has 0 amide bonds. The fourth-order valence-corrected chi connectivity index (χ4v) is 3.78. The first-order chi connectivity index (χ1) is 7.48. The lowest BCUT2D eigenvalue weighted by Gasteiger charge is -2.22. The Morgan fingerprint density at radius 1 is 1.44 bits per heavy atom. The normalized spacial score (nSPS) is 23.2. The number of aromatic nitrogens is 2. The first-order valence-electron chi connectivity index (χ1n) is 4.89. The Morgan fingerprint density at radius 2 is 2.06 bits per heavy atom. The minimum atomic E-state index is -2.86. The Hall–Kier alpha value is -0.440. The quantitative estimate of drug-likeness (QED) is 0.733. The maximum atomic E-state index is 11.4. The van der Waals surface area contributed by atoms with Crippen LogP contribution in [0.2, 0.25) is 0 Å². The molecule has 0 bridgehead atoms. The molecule has 7 heteroatoms. The van der Waals surface area contributed by atoms with Crippen LogP contribution in [0.4, 0.5) is 5.95 Å². The maximum Gasteiger partial charge on any atom is 0.225 e. The molecule has 2 heterocycles. The lowest BCUT2D eigenvalue weighted by Crippen LogP contribution is -2.33. The van der Waals surface area contributed by atoms with Crippen molar-refractivity contribution >= 4 is 38.4 Å². The van der Waals surface area contributed by atoms with Crippen molar-refractivity contribution in [3.8, 4) is 0 Å². The van der Waals surface area contributed by atoms with Gasteiger partial charge in [0.1, 0.15) is 0 Å². The molecule has 1 unspecified atom stereocenters. The largest absolute Gasteiger partial charge is 0.340 e. The van der Waals surface area contributed by atoms with Crippen LogP contribution in [0.3, 0.4) is 0 Å². The lowest BCUT2D eigenvalue weighted by atomic mass is 10.2. The highest BCUT2D eigenvalue weighted by Crippen LogP contribution is 2.19. The molecule has 1 atom stereocenters. The summed E-state index contributed by atoms with van der Waals surface area (Å²) in [7, 11) is -1.01. The van der Waals surface area contributed by atoms with Gasteiger partial charge in [-0.15, -0.1) is 0 Å². The van der Waals surface area contributed by atoms with E-state index in [1.165, 1.54) is 0 Å². The molecule has 2 rings (SSSR count). The molecule has 0 saturated carbocycles. The molecular formula is C9H12IN3O2S. The SMILES string of the molecule is CN(c1ncc(I)cn1)C1CCS(=O)(=O)C1. The molecule has 0 aliphatic carbocycles. The second-order valence-corrected chi connectivity index (χ2v) is 7.34. The van der Waals surface area contributed by atoms with Gasteiger partial charge in [0.15, 0.2) is 9.84 Å². The number of sulfone groups is 1. The van der Waals surface area contributed by atoms with Crippen molar-refractivity contribution in [2.24, 2.45) is 0 Å². The van der Waals surface area contributed by atoms with Gasteiger partial charge in [0.25, 0.3) is 0 Å². The summed E-state index contributed by atoms with van der Waals surface area (Å²) < 4.78 is 23.7. The van der Waals surface area contributed by atoms with E-state index < -0.39 is 9.84 Å². The zero-order valence-corrected chi connectivity index (χ0v) is 11.8. The van der Waals surface area contributed by atoms with E-state index in [1.807, 2.05) is 11.9 Å². The van der Waals surface area contributed by atoms with Gasteiger partial charge in [-0.3, -0.25) is 0 Å². The third-order valence-electron chi connectivity index (χ3n) is 2.68. The fourth-order valence-electron chi connectivity index (χ4n) is 1.73. The summed E-state index contributed by atoms with van der Waals surface area (Å²) in [5, 5.41) is 0. The van der Waals surface area contributed by atoms with Gasteiger partial charge in [0.2, 0.25) is 5.95 Å². The second kappa shape index (κ2) is 4.44. The monoisotopic (exact) mass is 353 g/mol. The van der Waals surface area contributed by atoms with Gasteiger partial charge in [-0.25, -0.2) is 18.4 Å². The van der Waals surface area contributed by atoms with E-state index in [4.69, 9.17) is 0 Å². The zero-order chi connectivity index (χ0) is 11.8. The third-order valence-corrected chi connectivity index (χ3v) is 4.99. The van der Waals surface area contributed by atoms with Crippen LogP contribution in [0.15, 0.2) is 12.4 Å². The van der Waals surface area contributed by atoms with Crippen LogP contribution >= 0.6 is 22.6 Å². The predicted molar refractivity (Wildman–Crippen MR) is 70.2 cm³/mol. The van der Waals surface area contributed by atoms with Crippen molar-refractivity contribution in [2.45, 2.75) is 12.5 Å². The summed E-state index contributed by atoms with van der Waals surface area (Å²) in [6.07, 6.45) is 4.11. The molecule has 0 N–H and O–H groups in total. The molecule has 0 aromatic carbocycles. The van der Waals surface area contributed by atoms with Gasteiger partial charge in [-0.1, -0.05) is 0 Å². The molecule has 0 spiro atoms. The average Bonchev–Trinajstić information content (AvgIpc) is 2.59. The van der Waals surface area contributed by atoms with Crippen molar-refractivity contribution in [3.05, 3.63) is 16.0 Å². The Labute approximate surface area is 108 Å². The van der Waals surface area contributed by atoms with Crippen LogP contribution < -0.4 is 4.90 Å². The van der Waals surface area contributed by atoms with Crippen LogP contribution in [0.5, 0.6) is 0 Å². The molecule has 5 nitrogen and oxygen atoms in total. The summed E-state index contributed by atoms with van der Waals surface area (Å²) >= 11 is 2.13. The van der Waals surface area contributed by atoms with Crippen molar-refractivity contribution in [1.29, 1.82) is 0 Å². The Bertz CT molecular complexity index is 474. The van der Waals surface area contributed by atoms with Gasteiger partial charge in [-0.2, -0.15) is 0 Å². The van der Waals surface area contributed by atoms with E-state index in [1.54, 1.807) is 12.4 Å². The third kappa shape index (κ3) is 2.62. The molecule has 0 radical (unpaired) electrons. The smallest absolute Gasteiger partial charge is 0.225 e. The first-order valence-corrected chi connectivity index (χ1v) is 7.79. The maximum absolute atomic E-state index is 11.4. The van der Waals surface area contributed by atoms with Crippen molar-refractivity contribution in [3.63, 3.8) is 0 Å². The van der Waals surface area contributed by atoms with Gasteiger partial charge >= 0.3 is 0 Å². The van der Waals surface area contributed by atoms with Gasteiger partial charge in [0.05, 0.1) is 11.5 Å². The summed E-state index contributed by atoms with van der Waals surface area (Å²) in [6, 6.07) is 0.00469. The molecule has 1 aromatic rings. The van der Waals surface area contributed by atoms with Gasteiger partial charge < -0.3 is 4.90 Å². The van der Waals surface area contributed by atoms with E-state index in [0.29, 0.717) is 12.4 Å². The van der Waals surface area contributed by atoms with Crippen LogP contribution in [0, 0.1) is 3.57 Å². The van der Waals surface area contributed by atoms with E-state index >= 15 is 0 Å². The average molecular weight is 353 g/mol. The standard InChI is InChI=1S/C9H12IN3O2S/c1-13(8-2-3-16(14,15)6-8)9-11-4-7(10)5-12-9/h4-5,8H,2-3,6H2,1H3. The predicted octanol–water partition coefficient (Wildman–Crippen LogP) is 0.705. The Morgan fingerprint density at radius 3 is 2.56 bits per heavy atom. The Balaban J connectivity index is 2.14. The topological polar surface area (TPSA) is 63.2 Å². The molecule has 1 fully saturated rings. The van der Waals surface area contributed by atoms with Crippen molar-refractivity contribution < 1.29 is 8.42 Å². The summed E-state index contributed by atoms with van der Waals surface area (Å²) in [5.41, 5.74) is 0. The number of nitrogens with zero attached hydrogens (tertiary/aromatic N) is 3. The number of hydrogen-bond donors (Lipinski definition) is 0. The molecule has 1 aliphatic heterocycles. The van der Waals surface area contributed by atoms with Crippen LogP contribution in [0.25, 0.3) is 0 Å². The highest BCUT2D eigenvalue weighted by molar-refractivity contribution is 14.1. The van der Waals surface area contributed by atoms with Crippen molar-refractivity contribution in [1.82, 2.24) is 9.97 Å².